The molecule has 0 aliphatic rings. The number of carbonyl (C=O) groups is 1. The van der Waals surface area contributed by atoms with E-state index < -0.39 is 5.76 Å². The molecule has 0 saturated heterocycles. The maximum absolute atomic E-state index is 12.2. The molecule has 21 heavy (non-hydrogen) atoms. The van der Waals surface area contributed by atoms with Gasteiger partial charge in [0.2, 0.25) is 0 Å². The lowest BCUT2D eigenvalue weighted by Gasteiger charge is -2.05. The fraction of sp³-hybridized carbons (Fsp3) is 0.0667. The van der Waals surface area contributed by atoms with Gasteiger partial charge < -0.3 is 9.73 Å². The molecule has 3 aromatic rings. The van der Waals surface area contributed by atoms with Crippen LogP contribution in [-0.4, -0.2) is 10.5 Å². The Morgan fingerprint density at radius 2 is 2.05 bits per heavy atom. The minimum absolute atomic E-state index is 0.300. The summed E-state index contributed by atoms with van der Waals surface area (Å²) >= 11 is 5.87. The molecule has 0 spiro atoms. The number of nitrogens with one attached hydrogen (secondary N) is 1. The number of hydrogen-bond donors (Lipinski definition) is 1. The zero-order valence-corrected chi connectivity index (χ0v) is 11.8. The second-order valence-corrected chi connectivity index (χ2v) is 5.01. The number of amides is 1. The summed E-state index contributed by atoms with van der Waals surface area (Å²) in [5.41, 5.74) is 2.01. The van der Waals surface area contributed by atoms with E-state index >= 15 is 0 Å². The Morgan fingerprint density at radius 1 is 1.24 bits per heavy atom. The van der Waals surface area contributed by atoms with Gasteiger partial charge in [-0.3, -0.25) is 9.36 Å². The largest absolute Gasteiger partial charge is 0.419 e. The van der Waals surface area contributed by atoms with Gasteiger partial charge >= 0.3 is 5.76 Å². The lowest BCUT2D eigenvalue weighted by Crippen LogP contribution is -2.11. The second kappa shape index (κ2) is 5.10. The van der Waals surface area contributed by atoms with Crippen LogP contribution in [0, 0.1) is 0 Å². The van der Waals surface area contributed by atoms with E-state index in [1.165, 1.54) is 10.6 Å². The minimum atomic E-state index is -0.461. The van der Waals surface area contributed by atoms with Gasteiger partial charge in [0.1, 0.15) is 0 Å². The van der Waals surface area contributed by atoms with Gasteiger partial charge in [0, 0.05) is 23.3 Å². The summed E-state index contributed by atoms with van der Waals surface area (Å²) < 4.78 is 6.45. The van der Waals surface area contributed by atoms with Gasteiger partial charge in [-0.05, 0) is 36.4 Å². The summed E-state index contributed by atoms with van der Waals surface area (Å²) in [4.78, 5) is 23.6. The molecule has 0 aliphatic heterocycles. The number of hydrogen-bond acceptors (Lipinski definition) is 3. The number of oxazole rings is 1. The van der Waals surface area contributed by atoms with Crippen molar-refractivity contribution in [1.29, 1.82) is 0 Å². The normalized spacial score (nSPS) is 10.8. The maximum atomic E-state index is 12.2. The van der Waals surface area contributed by atoms with E-state index in [1.807, 2.05) is 0 Å². The average molecular weight is 303 g/mol. The summed E-state index contributed by atoms with van der Waals surface area (Å²) in [6.07, 6.45) is 0. The Bertz CT molecular complexity index is 895. The first-order chi connectivity index (χ1) is 10.0. The molecule has 2 aromatic carbocycles. The topological polar surface area (TPSA) is 64.2 Å². The number of anilines is 1. The number of fused-ring (bicyclic) bond motifs is 1. The molecule has 0 bridgehead atoms. The standard InChI is InChI=1S/C15H11ClN2O3/c1-18-12-6-5-9(7-13(12)21-15(18)20)14(19)17-11-4-2-3-10(16)8-11/h2-8H,1H3,(H,17,19). The van der Waals surface area contributed by atoms with Crippen LogP contribution in [0.3, 0.4) is 0 Å². The Labute approximate surface area is 124 Å². The molecular weight excluding hydrogens is 292 g/mol. The molecule has 0 radical (unpaired) electrons. The number of benzene rings is 2. The van der Waals surface area contributed by atoms with Crippen LogP contribution in [0.25, 0.3) is 11.1 Å². The predicted octanol–water partition coefficient (Wildman–Crippen LogP) is 3.04. The van der Waals surface area contributed by atoms with E-state index in [0.717, 1.165) is 0 Å². The van der Waals surface area contributed by atoms with Crippen molar-refractivity contribution in [3.05, 3.63) is 63.6 Å². The lowest BCUT2D eigenvalue weighted by molar-refractivity contribution is 0.102. The Hall–Kier alpha value is -2.53. The van der Waals surface area contributed by atoms with E-state index in [-0.39, 0.29) is 5.91 Å². The third-order valence-corrected chi connectivity index (χ3v) is 3.37. The van der Waals surface area contributed by atoms with Crippen LogP contribution in [0.5, 0.6) is 0 Å². The Balaban J connectivity index is 1.93. The molecule has 1 heterocycles. The fourth-order valence-corrected chi connectivity index (χ4v) is 2.23. The molecule has 106 valence electrons. The summed E-state index contributed by atoms with van der Waals surface area (Å²) in [7, 11) is 1.61. The third kappa shape index (κ3) is 2.55. The number of nitrogens with zero attached hydrogens (tertiary/aromatic N) is 1. The third-order valence-electron chi connectivity index (χ3n) is 3.14. The van der Waals surface area contributed by atoms with Gasteiger partial charge in [0.05, 0.1) is 5.52 Å². The summed E-state index contributed by atoms with van der Waals surface area (Å²) in [5, 5.41) is 3.27. The van der Waals surface area contributed by atoms with Gasteiger partial charge in [0.15, 0.2) is 5.58 Å². The zero-order valence-electron chi connectivity index (χ0n) is 11.1. The van der Waals surface area contributed by atoms with Crippen molar-refractivity contribution in [3.8, 4) is 0 Å². The molecule has 6 heteroatoms. The maximum Gasteiger partial charge on any atom is 0.419 e. The second-order valence-electron chi connectivity index (χ2n) is 4.57. The SMILES string of the molecule is Cn1c(=O)oc2cc(C(=O)Nc3cccc(Cl)c3)ccc21. The average Bonchev–Trinajstić information content (AvgIpc) is 2.73. The van der Waals surface area contributed by atoms with Gasteiger partial charge in [-0.1, -0.05) is 17.7 Å². The Morgan fingerprint density at radius 3 is 2.81 bits per heavy atom. The van der Waals surface area contributed by atoms with E-state index in [2.05, 4.69) is 5.32 Å². The molecule has 3 rings (SSSR count). The van der Waals surface area contributed by atoms with E-state index in [0.29, 0.717) is 27.4 Å². The number of carbonyl (C=O) groups excluding carboxylic acids is 1. The van der Waals surface area contributed by atoms with Crippen LogP contribution < -0.4 is 11.1 Å². The number of rotatable bonds is 2. The van der Waals surface area contributed by atoms with E-state index in [9.17, 15) is 9.59 Å². The van der Waals surface area contributed by atoms with Crippen molar-refractivity contribution in [1.82, 2.24) is 4.57 Å². The molecule has 5 nitrogen and oxygen atoms in total. The summed E-state index contributed by atoms with van der Waals surface area (Å²) in [5.74, 6) is -0.761. The van der Waals surface area contributed by atoms with Gasteiger partial charge in [-0.25, -0.2) is 4.79 Å². The predicted molar refractivity (Wildman–Crippen MR) is 80.9 cm³/mol. The van der Waals surface area contributed by atoms with Crippen molar-refractivity contribution in [3.63, 3.8) is 0 Å². The fourth-order valence-electron chi connectivity index (χ4n) is 2.04. The molecule has 1 amide bonds. The first kappa shape index (κ1) is 13.5. The van der Waals surface area contributed by atoms with Gasteiger partial charge in [0.25, 0.3) is 5.91 Å². The molecular formula is C15H11ClN2O3. The minimum Gasteiger partial charge on any atom is -0.408 e. The van der Waals surface area contributed by atoms with Gasteiger partial charge in [-0.2, -0.15) is 0 Å². The van der Waals surface area contributed by atoms with Crippen LogP contribution in [0.2, 0.25) is 5.02 Å². The smallest absolute Gasteiger partial charge is 0.408 e. The molecule has 0 fully saturated rings. The monoisotopic (exact) mass is 302 g/mol. The highest BCUT2D eigenvalue weighted by atomic mass is 35.5. The molecule has 1 N–H and O–H groups in total. The molecule has 1 aromatic heterocycles. The van der Waals surface area contributed by atoms with Gasteiger partial charge in [-0.15, -0.1) is 0 Å². The molecule has 0 saturated carbocycles. The van der Waals surface area contributed by atoms with Crippen LogP contribution in [0.1, 0.15) is 10.4 Å². The number of aryl methyl sites for hydroxylation is 1. The molecule has 0 atom stereocenters. The Kier molecular flexibility index (Phi) is 3.27. The van der Waals surface area contributed by atoms with Crippen LogP contribution >= 0.6 is 11.6 Å². The summed E-state index contributed by atoms with van der Waals surface area (Å²) in [6, 6.07) is 11.7. The first-order valence-corrected chi connectivity index (χ1v) is 6.59. The van der Waals surface area contributed by atoms with E-state index in [4.69, 9.17) is 16.0 Å². The molecule has 0 unspecified atom stereocenters. The van der Waals surface area contributed by atoms with Crippen molar-refractivity contribution in [2.24, 2.45) is 7.05 Å². The highest BCUT2D eigenvalue weighted by Crippen LogP contribution is 2.18. The molecule has 0 aliphatic carbocycles. The van der Waals surface area contributed by atoms with Crippen molar-refractivity contribution >= 4 is 34.3 Å². The number of halogens is 1. The zero-order chi connectivity index (χ0) is 15.0. The lowest BCUT2D eigenvalue weighted by atomic mass is 10.2. The van der Waals surface area contributed by atoms with Crippen LogP contribution in [0.4, 0.5) is 5.69 Å². The first-order valence-electron chi connectivity index (χ1n) is 6.21. The van der Waals surface area contributed by atoms with Crippen LogP contribution in [-0.2, 0) is 7.05 Å². The highest BCUT2D eigenvalue weighted by molar-refractivity contribution is 6.31. The van der Waals surface area contributed by atoms with E-state index in [1.54, 1.807) is 43.4 Å². The quantitative estimate of drug-likeness (QED) is 0.791. The highest BCUT2D eigenvalue weighted by Gasteiger charge is 2.11. The summed E-state index contributed by atoms with van der Waals surface area (Å²) in [6.45, 7) is 0. The van der Waals surface area contributed by atoms with Crippen LogP contribution in [0.15, 0.2) is 51.7 Å². The van der Waals surface area contributed by atoms with Crippen molar-refractivity contribution < 1.29 is 9.21 Å². The van der Waals surface area contributed by atoms with Crippen molar-refractivity contribution in [2.45, 2.75) is 0 Å². The van der Waals surface area contributed by atoms with Crippen molar-refractivity contribution in [2.75, 3.05) is 5.32 Å². The number of aromatic nitrogens is 1.